The van der Waals surface area contributed by atoms with Crippen LogP contribution in [0, 0.1) is 10.8 Å². The van der Waals surface area contributed by atoms with Gasteiger partial charge in [-0.25, -0.2) is 0 Å². The zero-order valence-corrected chi connectivity index (χ0v) is 44.5. The van der Waals surface area contributed by atoms with Crippen molar-refractivity contribution < 1.29 is 15.6 Å². The number of fused-ring (bicyclic) bond motifs is 2. The molecular weight excluding hydrogens is 887 g/mol. The predicted octanol–water partition coefficient (Wildman–Crippen LogP) is 18.8. The molecule has 2 atom stereocenters. The van der Waals surface area contributed by atoms with Crippen LogP contribution in [-0.4, -0.2) is 5.92 Å². The van der Waals surface area contributed by atoms with Crippen LogP contribution in [0.5, 0.6) is 0 Å². The summed E-state index contributed by atoms with van der Waals surface area (Å²) in [5.74, 6) is -1.76. The number of rotatable bonds is 11. The monoisotopic (exact) mass is 961 g/mol. The van der Waals surface area contributed by atoms with Crippen molar-refractivity contribution in [3.05, 3.63) is 129 Å². The Hall–Kier alpha value is -1.96. The van der Waals surface area contributed by atoms with E-state index in [1.54, 1.807) is 11.1 Å². The van der Waals surface area contributed by atoms with Gasteiger partial charge in [0.05, 0.1) is 0 Å². The molecule has 4 aliphatic rings. The maximum absolute atomic E-state index is 9.31. The van der Waals surface area contributed by atoms with Crippen LogP contribution in [0.25, 0.3) is 34.4 Å². The first kappa shape index (κ1) is 46.6. The van der Waals surface area contributed by atoms with Crippen LogP contribution in [0.2, 0.25) is 13.1 Å². The SMILES string of the molecule is CCc1ccc(-c2cccc3c2C=C(CC2(C)CCCCCCCC2)[CH]3[Zr]([Cl])([Cl])([CH]2C(CC3(C)CCCCCCCC3)=Cc3c(-c4ccc(CC)cc4)cccc32)[SiH](C)C)cc1. The molecule has 0 amide bonds. The number of benzene rings is 4. The van der Waals surface area contributed by atoms with Crippen LogP contribution in [0.15, 0.2) is 96.1 Å². The molecule has 4 aliphatic carbocycles. The van der Waals surface area contributed by atoms with Crippen LogP contribution in [0.4, 0.5) is 0 Å². The number of hydrogen-bond donors (Lipinski definition) is 0. The summed E-state index contributed by atoms with van der Waals surface area (Å²) in [6, 6.07) is 33.1. The molecule has 0 saturated heterocycles. The number of aryl methyl sites for hydroxylation is 2. The van der Waals surface area contributed by atoms with E-state index in [0.29, 0.717) is 0 Å². The van der Waals surface area contributed by atoms with E-state index < -0.39 is 21.5 Å². The van der Waals surface area contributed by atoms with Gasteiger partial charge < -0.3 is 0 Å². The molecule has 2 saturated carbocycles. The second-order valence-electron chi connectivity index (χ2n) is 21.6. The molecule has 2 unspecified atom stereocenters. The van der Waals surface area contributed by atoms with Crippen LogP contribution < -0.4 is 0 Å². The Morgan fingerprint density at radius 1 is 0.500 bits per heavy atom. The first-order valence-electron chi connectivity index (χ1n) is 25.3. The molecule has 8 rings (SSSR count). The van der Waals surface area contributed by atoms with E-state index in [9.17, 15) is 17.0 Å². The molecule has 0 spiro atoms. The number of halogens is 2. The van der Waals surface area contributed by atoms with Crippen molar-refractivity contribution >= 4 is 35.1 Å². The fourth-order valence-corrected chi connectivity index (χ4v) is 44.2. The van der Waals surface area contributed by atoms with E-state index in [4.69, 9.17) is 0 Å². The van der Waals surface area contributed by atoms with E-state index in [-0.39, 0.29) is 18.1 Å². The predicted molar refractivity (Wildman–Crippen MR) is 274 cm³/mol. The molecule has 0 aromatic heterocycles. The fourth-order valence-electron chi connectivity index (χ4n) is 12.9. The third-order valence-electron chi connectivity index (χ3n) is 16.7. The van der Waals surface area contributed by atoms with Gasteiger partial charge in [-0.2, -0.15) is 0 Å². The molecule has 0 nitrogen and oxygen atoms in total. The van der Waals surface area contributed by atoms with Crippen molar-refractivity contribution in [1.29, 1.82) is 0 Å². The Morgan fingerprint density at radius 2 is 0.839 bits per heavy atom. The molecule has 0 aliphatic heterocycles. The minimum atomic E-state index is -5.13. The average molecular weight is 964 g/mol. The summed E-state index contributed by atoms with van der Waals surface area (Å²) in [5, 5.41) is 0. The van der Waals surface area contributed by atoms with E-state index in [2.05, 4.69) is 138 Å². The van der Waals surface area contributed by atoms with Crippen molar-refractivity contribution in [3.8, 4) is 22.3 Å². The van der Waals surface area contributed by atoms with Gasteiger partial charge in [0, 0.05) is 0 Å². The van der Waals surface area contributed by atoms with Crippen molar-refractivity contribution in [2.75, 3.05) is 0 Å². The molecule has 4 aromatic rings. The van der Waals surface area contributed by atoms with Gasteiger partial charge >= 0.3 is 390 Å². The first-order valence-corrected chi connectivity index (χ1v) is 41.6. The Kier molecular flexibility index (Phi) is 14.6. The van der Waals surface area contributed by atoms with Crippen molar-refractivity contribution in [3.63, 3.8) is 0 Å². The van der Waals surface area contributed by atoms with Gasteiger partial charge in [0.2, 0.25) is 0 Å². The zero-order valence-electron chi connectivity index (χ0n) is 39.4. The molecule has 0 heterocycles. The molecule has 0 bridgehead atoms. The normalized spacial score (nSPS) is 22.4. The molecule has 2 fully saturated rings. The van der Waals surface area contributed by atoms with Crippen molar-refractivity contribution in [1.82, 2.24) is 0 Å². The van der Waals surface area contributed by atoms with E-state index in [1.165, 1.54) is 158 Å². The Labute approximate surface area is 386 Å². The van der Waals surface area contributed by atoms with Gasteiger partial charge in [-0.15, -0.1) is 0 Å². The van der Waals surface area contributed by atoms with Crippen LogP contribution in [0.1, 0.15) is 184 Å². The Bertz CT molecular complexity index is 2070. The number of hydrogen-bond acceptors (Lipinski definition) is 0. The van der Waals surface area contributed by atoms with Gasteiger partial charge in [-0.1, -0.05) is 0 Å². The minimum absolute atomic E-state index is 0.0981. The van der Waals surface area contributed by atoms with Gasteiger partial charge in [0.15, 0.2) is 0 Å². The Balaban J connectivity index is 1.34. The third-order valence-corrected chi connectivity index (χ3v) is 68.6. The third kappa shape index (κ3) is 9.36. The molecule has 0 radical (unpaired) electrons. The molecule has 62 heavy (non-hydrogen) atoms. The summed E-state index contributed by atoms with van der Waals surface area (Å²) in [6.07, 6.45) is 31.1. The molecule has 4 aromatic carbocycles. The number of allylic oxidation sites excluding steroid dienone is 2. The quantitative estimate of drug-likeness (QED) is 0.131. The second kappa shape index (κ2) is 19.5. The summed E-state index contributed by atoms with van der Waals surface area (Å²) in [6.45, 7) is 14.9. The van der Waals surface area contributed by atoms with E-state index in [0.717, 1.165) is 25.7 Å². The fraction of sp³-hybridized carbons (Fsp3) is 0.517. The van der Waals surface area contributed by atoms with Gasteiger partial charge in [-0.3, -0.25) is 0 Å². The summed E-state index contributed by atoms with van der Waals surface area (Å²) >= 11 is -5.13. The van der Waals surface area contributed by atoms with Crippen molar-refractivity contribution in [2.24, 2.45) is 10.8 Å². The van der Waals surface area contributed by atoms with Crippen LogP contribution in [0.3, 0.4) is 0 Å². The van der Waals surface area contributed by atoms with E-state index in [1.807, 2.05) is 0 Å². The van der Waals surface area contributed by atoms with Crippen LogP contribution >= 0.6 is 17.0 Å². The van der Waals surface area contributed by atoms with Crippen molar-refractivity contribution in [2.45, 2.75) is 176 Å². The van der Waals surface area contributed by atoms with Gasteiger partial charge in [-0.05, 0) is 0 Å². The molecular formula is C58H77Cl2SiZr. The molecule has 4 heteroatoms. The topological polar surface area (TPSA) is 0 Å². The summed E-state index contributed by atoms with van der Waals surface area (Å²) in [7, 11) is 18.6. The zero-order chi connectivity index (χ0) is 43.6. The first-order chi connectivity index (χ1) is 29.9. The molecule has 331 valence electrons. The van der Waals surface area contributed by atoms with Gasteiger partial charge in [0.25, 0.3) is 0 Å². The van der Waals surface area contributed by atoms with E-state index >= 15 is 0 Å². The summed E-state index contributed by atoms with van der Waals surface area (Å²) in [4.78, 5) is 0. The summed E-state index contributed by atoms with van der Waals surface area (Å²) < 4.78 is 0.196. The molecule has 0 N–H and O–H groups in total. The summed E-state index contributed by atoms with van der Waals surface area (Å²) in [5.41, 5.74) is 17.4. The second-order valence-corrected chi connectivity index (χ2v) is 64.1. The standard InChI is InChI=1S/2C28H35.C2H7Si.2ClH.Zr/c2*1-3-22-13-15-24(16-14-22)26-12-10-11-25-19-23(20-27(25)26)21-28(2)17-8-6-4-5-7-9-18-28;1-3-2;;;/h2*10-16,19-20H,3-9,17-18,21H2,1-2H3;3H,1-2H3;2*1H;/q;;;;;+2/p-2. The van der Waals surface area contributed by atoms with Gasteiger partial charge in [0.1, 0.15) is 0 Å². The average Bonchev–Trinajstić information content (AvgIpc) is 3.88. The Morgan fingerprint density at radius 3 is 1.16 bits per heavy atom. The maximum atomic E-state index is 9.31. The van der Waals surface area contributed by atoms with Crippen LogP contribution in [-0.2, 0) is 28.4 Å².